The third-order valence-corrected chi connectivity index (χ3v) is 2.63. The predicted octanol–water partition coefficient (Wildman–Crippen LogP) is 3.44. The summed E-state index contributed by atoms with van der Waals surface area (Å²) in [5.74, 6) is -0.0444. The van der Waals surface area contributed by atoms with Crippen LogP contribution in [0.1, 0.15) is 18.9 Å². The molecule has 3 heteroatoms. The standard InChI is InChI=1S/C12H14BrNO/c1-3-9(2)10-4-6-11(7-5-10)14-12(15)8-13/h4-7H,2-3,8H2,1H3,(H,14,15). The van der Waals surface area contributed by atoms with Crippen LogP contribution in [0.15, 0.2) is 30.8 Å². The van der Waals surface area contributed by atoms with Crippen molar-refractivity contribution < 1.29 is 4.79 Å². The Morgan fingerprint density at radius 3 is 2.47 bits per heavy atom. The summed E-state index contributed by atoms with van der Waals surface area (Å²) in [4.78, 5) is 11.1. The van der Waals surface area contributed by atoms with E-state index in [1.165, 1.54) is 0 Å². The first kappa shape index (κ1) is 12.0. The molecule has 0 fully saturated rings. The van der Waals surface area contributed by atoms with Crippen LogP contribution >= 0.6 is 15.9 Å². The van der Waals surface area contributed by atoms with E-state index in [4.69, 9.17) is 0 Å². The van der Waals surface area contributed by atoms with E-state index in [2.05, 4.69) is 34.7 Å². The van der Waals surface area contributed by atoms with Crippen molar-refractivity contribution in [3.8, 4) is 0 Å². The van der Waals surface area contributed by atoms with Crippen LogP contribution in [0.5, 0.6) is 0 Å². The van der Waals surface area contributed by atoms with Crippen molar-refractivity contribution in [2.24, 2.45) is 0 Å². The van der Waals surface area contributed by atoms with E-state index >= 15 is 0 Å². The third kappa shape index (κ3) is 3.51. The maximum absolute atomic E-state index is 11.1. The highest BCUT2D eigenvalue weighted by atomic mass is 79.9. The van der Waals surface area contributed by atoms with Gasteiger partial charge in [-0.05, 0) is 29.7 Å². The van der Waals surface area contributed by atoms with Gasteiger partial charge in [-0.25, -0.2) is 0 Å². The number of amides is 1. The van der Waals surface area contributed by atoms with Crippen LogP contribution in [0.3, 0.4) is 0 Å². The maximum atomic E-state index is 11.1. The lowest BCUT2D eigenvalue weighted by Crippen LogP contribution is -2.11. The fraction of sp³-hybridized carbons (Fsp3) is 0.250. The summed E-state index contributed by atoms with van der Waals surface area (Å²) >= 11 is 3.09. The number of carbonyl (C=O) groups is 1. The molecule has 0 aliphatic rings. The summed E-state index contributed by atoms with van der Waals surface area (Å²) in [7, 11) is 0. The number of alkyl halides is 1. The minimum absolute atomic E-state index is 0.0444. The largest absolute Gasteiger partial charge is 0.325 e. The Morgan fingerprint density at radius 2 is 2.00 bits per heavy atom. The fourth-order valence-corrected chi connectivity index (χ4v) is 1.33. The second-order valence-corrected chi connectivity index (χ2v) is 3.78. The molecule has 0 heterocycles. The highest BCUT2D eigenvalue weighted by Gasteiger charge is 2.00. The van der Waals surface area contributed by atoms with Crippen LogP contribution in [0, 0.1) is 0 Å². The van der Waals surface area contributed by atoms with Gasteiger partial charge in [-0.15, -0.1) is 0 Å². The molecular weight excluding hydrogens is 254 g/mol. The molecule has 0 aromatic heterocycles. The highest BCUT2D eigenvalue weighted by molar-refractivity contribution is 9.09. The Balaban J connectivity index is 2.72. The monoisotopic (exact) mass is 267 g/mol. The lowest BCUT2D eigenvalue weighted by Gasteiger charge is -2.05. The SMILES string of the molecule is C=C(CC)c1ccc(NC(=O)CBr)cc1. The number of allylic oxidation sites excluding steroid dienone is 1. The van der Waals surface area contributed by atoms with Gasteiger partial charge in [-0.1, -0.05) is 41.6 Å². The zero-order valence-corrected chi connectivity index (χ0v) is 10.3. The molecule has 80 valence electrons. The minimum atomic E-state index is -0.0444. The maximum Gasteiger partial charge on any atom is 0.235 e. The van der Waals surface area contributed by atoms with Gasteiger partial charge in [0.05, 0.1) is 5.33 Å². The normalized spacial score (nSPS) is 9.73. The number of nitrogens with one attached hydrogen (secondary N) is 1. The van der Waals surface area contributed by atoms with Gasteiger partial charge in [0.25, 0.3) is 0 Å². The molecule has 0 saturated heterocycles. The highest BCUT2D eigenvalue weighted by Crippen LogP contribution is 2.18. The summed E-state index contributed by atoms with van der Waals surface area (Å²) in [6.45, 7) is 6.03. The summed E-state index contributed by atoms with van der Waals surface area (Å²) in [6.07, 6.45) is 0.938. The van der Waals surface area contributed by atoms with Crippen LogP contribution in [0.2, 0.25) is 0 Å². The van der Waals surface area contributed by atoms with Crippen LogP contribution in [0.25, 0.3) is 5.57 Å². The molecule has 0 unspecified atom stereocenters. The average Bonchev–Trinajstić information content (AvgIpc) is 2.29. The Hall–Kier alpha value is -1.09. The molecule has 0 atom stereocenters. The number of carbonyl (C=O) groups excluding carboxylic acids is 1. The summed E-state index contributed by atoms with van der Waals surface area (Å²) < 4.78 is 0. The van der Waals surface area contributed by atoms with Crippen LogP contribution < -0.4 is 5.32 Å². The molecule has 0 saturated carbocycles. The van der Waals surface area contributed by atoms with E-state index in [9.17, 15) is 4.79 Å². The van der Waals surface area contributed by atoms with Crippen LogP contribution in [-0.4, -0.2) is 11.2 Å². The fourth-order valence-electron chi connectivity index (χ4n) is 1.19. The van der Waals surface area contributed by atoms with Crippen molar-refractivity contribution in [1.82, 2.24) is 0 Å². The molecule has 15 heavy (non-hydrogen) atoms. The predicted molar refractivity (Wildman–Crippen MR) is 68.2 cm³/mol. The number of hydrogen-bond donors (Lipinski definition) is 1. The average molecular weight is 268 g/mol. The van der Waals surface area contributed by atoms with Crippen LogP contribution in [-0.2, 0) is 4.79 Å². The van der Waals surface area contributed by atoms with Crippen LogP contribution in [0.4, 0.5) is 5.69 Å². The van der Waals surface area contributed by atoms with E-state index in [1.807, 2.05) is 24.3 Å². The summed E-state index contributed by atoms with van der Waals surface area (Å²) in [6, 6.07) is 7.71. The number of rotatable bonds is 4. The van der Waals surface area contributed by atoms with Crippen molar-refractivity contribution in [3.63, 3.8) is 0 Å². The summed E-state index contributed by atoms with van der Waals surface area (Å²) in [5.41, 5.74) is 3.04. The van der Waals surface area contributed by atoms with E-state index in [0.29, 0.717) is 5.33 Å². The molecule has 0 spiro atoms. The summed E-state index contributed by atoms with van der Waals surface area (Å²) in [5, 5.41) is 3.08. The first-order valence-electron chi connectivity index (χ1n) is 4.81. The Morgan fingerprint density at radius 1 is 1.40 bits per heavy atom. The quantitative estimate of drug-likeness (QED) is 0.832. The van der Waals surface area contributed by atoms with Gasteiger partial charge in [0.15, 0.2) is 0 Å². The van der Waals surface area contributed by atoms with Crippen molar-refractivity contribution in [3.05, 3.63) is 36.4 Å². The number of anilines is 1. The second-order valence-electron chi connectivity index (χ2n) is 3.22. The van der Waals surface area contributed by atoms with Crippen molar-refractivity contribution in [2.45, 2.75) is 13.3 Å². The van der Waals surface area contributed by atoms with Gasteiger partial charge in [0.1, 0.15) is 0 Å². The van der Waals surface area contributed by atoms with Gasteiger partial charge in [-0.2, -0.15) is 0 Å². The lowest BCUT2D eigenvalue weighted by atomic mass is 10.1. The number of hydrogen-bond acceptors (Lipinski definition) is 1. The van der Waals surface area contributed by atoms with Gasteiger partial charge < -0.3 is 5.32 Å². The molecule has 1 N–H and O–H groups in total. The number of benzene rings is 1. The zero-order valence-electron chi connectivity index (χ0n) is 8.72. The lowest BCUT2D eigenvalue weighted by molar-refractivity contribution is -0.113. The Labute approximate surface area is 98.5 Å². The molecule has 2 nitrogen and oxygen atoms in total. The molecule has 1 rings (SSSR count). The van der Waals surface area contributed by atoms with Gasteiger partial charge in [0, 0.05) is 5.69 Å². The second kappa shape index (κ2) is 5.71. The molecule has 0 bridgehead atoms. The molecular formula is C12H14BrNO. The molecule has 0 radical (unpaired) electrons. The minimum Gasteiger partial charge on any atom is -0.325 e. The molecule has 0 aliphatic heterocycles. The molecule has 1 amide bonds. The zero-order chi connectivity index (χ0) is 11.3. The third-order valence-electron chi connectivity index (χ3n) is 2.13. The first-order valence-corrected chi connectivity index (χ1v) is 5.93. The molecule has 1 aromatic rings. The van der Waals surface area contributed by atoms with E-state index in [-0.39, 0.29) is 5.91 Å². The van der Waals surface area contributed by atoms with Gasteiger partial charge >= 0.3 is 0 Å². The molecule has 1 aromatic carbocycles. The van der Waals surface area contributed by atoms with Crippen molar-refractivity contribution in [2.75, 3.05) is 10.6 Å². The van der Waals surface area contributed by atoms with E-state index < -0.39 is 0 Å². The van der Waals surface area contributed by atoms with Gasteiger partial charge in [-0.3, -0.25) is 4.79 Å². The van der Waals surface area contributed by atoms with Crippen molar-refractivity contribution in [1.29, 1.82) is 0 Å². The molecule has 0 aliphatic carbocycles. The number of halogens is 1. The van der Waals surface area contributed by atoms with Gasteiger partial charge in [0.2, 0.25) is 5.91 Å². The van der Waals surface area contributed by atoms with E-state index in [1.54, 1.807) is 0 Å². The van der Waals surface area contributed by atoms with Crippen molar-refractivity contribution >= 4 is 33.1 Å². The topological polar surface area (TPSA) is 29.1 Å². The smallest absolute Gasteiger partial charge is 0.235 e. The first-order chi connectivity index (χ1) is 7.17. The Kier molecular flexibility index (Phi) is 4.56. The Bertz CT molecular complexity index is 356. The van der Waals surface area contributed by atoms with E-state index in [0.717, 1.165) is 23.2 Å².